The molecule has 1 N–H and O–H groups in total. The number of anilines is 1. The van der Waals surface area contributed by atoms with Crippen LogP contribution in [0.3, 0.4) is 0 Å². The lowest BCUT2D eigenvalue weighted by Crippen LogP contribution is -2.26. The van der Waals surface area contributed by atoms with Gasteiger partial charge < -0.3 is 10.0 Å². The fraction of sp³-hybridized carbons (Fsp3) is 0.533. The number of hydrogen-bond acceptors (Lipinski definition) is 2. The van der Waals surface area contributed by atoms with Crippen molar-refractivity contribution >= 4 is 11.7 Å². The molecule has 1 aromatic rings. The molecule has 0 amide bonds. The highest BCUT2D eigenvalue weighted by molar-refractivity contribution is 5.94. The number of aromatic carboxylic acids is 1. The van der Waals surface area contributed by atoms with Crippen LogP contribution in [-0.2, 0) is 6.18 Å². The van der Waals surface area contributed by atoms with E-state index in [0.29, 0.717) is 24.2 Å². The third-order valence-corrected chi connectivity index (χ3v) is 3.97. The van der Waals surface area contributed by atoms with Crippen LogP contribution in [0.25, 0.3) is 0 Å². The molecule has 1 fully saturated rings. The molecule has 1 aliphatic rings. The van der Waals surface area contributed by atoms with E-state index in [1.54, 1.807) is 11.9 Å². The van der Waals surface area contributed by atoms with Crippen molar-refractivity contribution in [1.29, 1.82) is 0 Å². The van der Waals surface area contributed by atoms with E-state index in [1.165, 1.54) is 6.07 Å². The third-order valence-electron chi connectivity index (χ3n) is 3.97. The Labute approximate surface area is 121 Å². The minimum absolute atomic E-state index is 0.301. The molecule has 2 rings (SSSR count). The number of carboxylic acid groups (broad SMARTS) is 1. The van der Waals surface area contributed by atoms with Crippen LogP contribution in [0.2, 0.25) is 0 Å². The highest BCUT2D eigenvalue weighted by atomic mass is 19.4. The maximum atomic E-state index is 12.7. The molecule has 1 aromatic carbocycles. The number of alkyl halides is 3. The summed E-state index contributed by atoms with van der Waals surface area (Å²) in [5.74, 6) is -0.853. The number of nitrogens with zero attached hydrogens (tertiary/aromatic N) is 1. The Balaban J connectivity index is 2.27. The van der Waals surface area contributed by atoms with E-state index in [2.05, 4.69) is 0 Å². The van der Waals surface area contributed by atoms with Crippen molar-refractivity contribution < 1.29 is 23.1 Å². The molecule has 21 heavy (non-hydrogen) atoms. The molecule has 1 saturated carbocycles. The van der Waals surface area contributed by atoms with Gasteiger partial charge >= 0.3 is 12.1 Å². The molecule has 0 radical (unpaired) electrons. The van der Waals surface area contributed by atoms with E-state index in [1.807, 2.05) is 0 Å². The van der Waals surface area contributed by atoms with E-state index in [9.17, 15) is 23.1 Å². The van der Waals surface area contributed by atoms with Crippen molar-refractivity contribution in [3.63, 3.8) is 0 Å². The van der Waals surface area contributed by atoms with Crippen LogP contribution in [0.4, 0.5) is 18.9 Å². The quantitative estimate of drug-likeness (QED) is 0.912. The highest BCUT2D eigenvalue weighted by Gasteiger charge is 2.32. The van der Waals surface area contributed by atoms with Gasteiger partial charge in [-0.15, -0.1) is 0 Å². The number of halogens is 3. The summed E-state index contributed by atoms with van der Waals surface area (Å²) < 4.78 is 38.1. The minimum Gasteiger partial charge on any atom is -0.478 e. The first kappa shape index (κ1) is 15.7. The summed E-state index contributed by atoms with van der Waals surface area (Å²) in [7, 11) is 1.73. The number of hydrogen-bond donors (Lipinski definition) is 1. The Hall–Kier alpha value is -1.72. The Kier molecular flexibility index (Phi) is 4.44. The SMILES string of the molecule is CN(CC1CCCC1)c1ccc(C(F)(F)F)cc1C(=O)O. The zero-order valence-corrected chi connectivity index (χ0v) is 11.8. The molecule has 3 nitrogen and oxygen atoms in total. The van der Waals surface area contributed by atoms with Gasteiger partial charge in [-0.1, -0.05) is 12.8 Å². The van der Waals surface area contributed by atoms with Gasteiger partial charge in [0.05, 0.1) is 16.8 Å². The van der Waals surface area contributed by atoms with Crippen LogP contribution in [0, 0.1) is 5.92 Å². The Morgan fingerprint density at radius 3 is 2.48 bits per heavy atom. The van der Waals surface area contributed by atoms with Crippen molar-refractivity contribution in [2.45, 2.75) is 31.9 Å². The fourth-order valence-corrected chi connectivity index (χ4v) is 2.90. The predicted molar refractivity (Wildman–Crippen MR) is 73.6 cm³/mol. The van der Waals surface area contributed by atoms with Crippen LogP contribution in [0.15, 0.2) is 18.2 Å². The Morgan fingerprint density at radius 1 is 1.33 bits per heavy atom. The molecule has 0 spiro atoms. The second-order valence-corrected chi connectivity index (χ2v) is 5.57. The molecule has 0 atom stereocenters. The zero-order chi connectivity index (χ0) is 15.6. The van der Waals surface area contributed by atoms with Crippen LogP contribution >= 0.6 is 0 Å². The van der Waals surface area contributed by atoms with Crippen LogP contribution < -0.4 is 4.90 Å². The number of carbonyl (C=O) groups is 1. The maximum absolute atomic E-state index is 12.7. The van der Waals surface area contributed by atoms with Gasteiger partial charge in [0, 0.05) is 13.6 Å². The molecule has 0 bridgehead atoms. The summed E-state index contributed by atoms with van der Waals surface area (Å²) in [6, 6.07) is 2.90. The molecule has 0 saturated heterocycles. The molecular weight excluding hydrogens is 283 g/mol. The largest absolute Gasteiger partial charge is 0.478 e. The van der Waals surface area contributed by atoms with Gasteiger partial charge in [-0.05, 0) is 37.0 Å². The molecule has 6 heteroatoms. The first-order chi connectivity index (χ1) is 9.79. The Morgan fingerprint density at radius 2 is 1.95 bits per heavy atom. The van der Waals surface area contributed by atoms with Gasteiger partial charge in [-0.25, -0.2) is 4.79 Å². The number of carboxylic acids is 1. The van der Waals surface area contributed by atoms with Crippen LogP contribution in [0.1, 0.15) is 41.6 Å². The van der Waals surface area contributed by atoms with Gasteiger partial charge in [0.15, 0.2) is 0 Å². The van der Waals surface area contributed by atoms with Gasteiger partial charge in [0.1, 0.15) is 0 Å². The molecule has 0 aliphatic heterocycles. The van der Waals surface area contributed by atoms with Crippen LogP contribution in [-0.4, -0.2) is 24.7 Å². The van der Waals surface area contributed by atoms with Gasteiger partial charge in [0.25, 0.3) is 0 Å². The maximum Gasteiger partial charge on any atom is 0.416 e. The molecule has 0 aromatic heterocycles. The van der Waals surface area contributed by atoms with Crippen LogP contribution in [0.5, 0.6) is 0 Å². The lowest BCUT2D eigenvalue weighted by molar-refractivity contribution is -0.137. The molecule has 116 valence electrons. The highest BCUT2D eigenvalue weighted by Crippen LogP contribution is 2.34. The van der Waals surface area contributed by atoms with E-state index < -0.39 is 17.7 Å². The third kappa shape index (κ3) is 3.68. The monoisotopic (exact) mass is 301 g/mol. The topological polar surface area (TPSA) is 40.5 Å². The lowest BCUT2D eigenvalue weighted by atomic mass is 10.0. The predicted octanol–water partition coefficient (Wildman–Crippen LogP) is 4.03. The van der Waals surface area contributed by atoms with Crippen molar-refractivity contribution in [2.24, 2.45) is 5.92 Å². The first-order valence-electron chi connectivity index (χ1n) is 6.94. The van der Waals surface area contributed by atoms with Crippen molar-refractivity contribution in [2.75, 3.05) is 18.5 Å². The minimum atomic E-state index is -4.53. The first-order valence-corrected chi connectivity index (χ1v) is 6.94. The molecule has 1 aliphatic carbocycles. The smallest absolute Gasteiger partial charge is 0.416 e. The summed E-state index contributed by atoms with van der Waals surface area (Å²) in [6.07, 6.45) is -0.0257. The van der Waals surface area contributed by atoms with E-state index >= 15 is 0 Å². The van der Waals surface area contributed by atoms with Gasteiger partial charge in [-0.2, -0.15) is 13.2 Å². The average molecular weight is 301 g/mol. The lowest BCUT2D eigenvalue weighted by Gasteiger charge is -2.25. The second kappa shape index (κ2) is 5.95. The van der Waals surface area contributed by atoms with Crippen molar-refractivity contribution in [3.05, 3.63) is 29.3 Å². The fourth-order valence-electron chi connectivity index (χ4n) is 2.90. The number of rotatable bonds is 4. The number of benzene rings is 1. The van der Waals surface area contributed by atoms with E-state index in [4.69, 9.17) is 0 Å². The van der Waals surface area contributed by atoms with Crippen molar-refractivity contribution in [3.8, 4) is 0 Å². The van der Waals surface area contributed by atoms with E-state index in [0.717, 1.165) is 31.7 Å². The summed E-state index contributed by atoms with van der Waals surface area (Å²) >= 11 is 0. The standard InChI is InChI=1S/C15H18F3NO2/c1-19(9-10-4-2-3-5-10)13-7-6-11(15(16,17)18)8-12(13)14(20)21/h6-8,10H,2-5,9H2,1H3,(H,20,21). The summed E-state index contributed by atoms with van der Waals surface area (Å²) in [6.45, 7) is 0.672. The molecule has 0 unspecified atom stereocenters. The summed E-state index contributed by atoms with van der Waals surface area (Å²) in [5, 5.41) is 9.17. The van der Waals surface area contributed by atoms with Crippen molar-refractivity contribution in [1.82, 2.24) is 0 Å². The van der Waals surface area contributed by atoms with E-state index in [-0.39, 0.29) is 5.56 Å². The second-order valence-electron chi connectivity index (χ2n) is 5.57. The zero-order valence-electron chi connectivity index (χ0n) is 11.8. The normalized spacial score (nSPS) is 16.2. The average Bonchev–Trinajstić information content (AvgIpc) is 2.89. The molecular formula is C15H18F3NO2. The Bertz CT molecular complexity index is 522. The summed E-state index contributed by atoms with van der Waals surface area (Å²) in [5.41, 5.74) is -0.898. The van der Waals surface area contributed by atoms with Gasteiger partial charge in [-0.3, -0.25) is 0 Å². The van der Waals surface area contributed by atoms with Gasteiger partial charge in [0.2, 0.25) is 0 Å². The molecule has 0 heterocycles. The summed E-state index contributed by atoms with van der Waals surface area (Å²) in [4.78, 5) is 13.0.